The van der Waals surface area contributed by atoms with Gasteiger partial charge in [0.1, 0.15) is 0 Å². The van der Waals surface area contributed by atoms with E-state index in [9.17, 15) is 9.90 Å². The van der Waals surface area contributed by atoms with Crippen LogP contribution in [-0.2, 0) is 4.74 Å². The van der Waals surface area contributed by atoms with Gasteiger partial charge in [-0.15, -0.1) is 0 Å². The van der Waals surface area contributed by atoms with Gasteiger partial charge in [-0.1, -0.05) is 0 Å². The van der Waals surface area contributed by atoms with Crippen LogP contribution in [0, 0.1) is 0 Å². The molecule has 0 saturated carbocycles. The van der Waals surface area contributed by atoms with Crippen LogP contribution in [0.2, 0.25) is 5.82 Å². The van der Waals surface area contributed by atoms with Crippen molar-refractivity contribution in [2.45, 2.75) is 25.3 Å². The topological polar surface area (TPSA) is 46.5 Å². The number of hydrogen-bond donors (Lipinski definition) is 1. The molecule has 0 bridgehead atoms. The number of ether oxygens (including phenoxy) is 1. The van der Waals surface area contributed by atoms with Crippen LogP contribution in [0.3, 0.4) is 0 Å². The average molecular weight is 339 g/mol. The molecule has 0 amide bonds. The van der Waals surface area contributed by atoms with Gasteiger partial charge in [-0.25, -0.2) is 0 Å². The van der Waals surface area contributed by atoms with Crippen molar-refractivity contribution >= 4 is 25.2 Å². The molecule has 1 rings (SSSR count). The number of benzene rings is 1. The van der Waals surface area contributed by atoms with Crippen LogP contribution in [0.4, 0.5) is 0 Å². The molecule has 1 aromatic carbocycles. The molecule has 0 radical (unpaired) electrons. The summed E-state index contributed by atoms with van der Waals surface area (Å²) in [6, 6.07) is 7.39. The van der Waals surface area contributed by atoms with Gasteiger partial charge in [0.2, 0.25) is 0 Å². The molecule has 0 aliphatic carbocycles. The van der Waals surface area contributed by atoms with Crippen molar-refractivity contribution in [1.82, 2.24) is 0 Å². The van der Waals surface area contributed by atoms with Crippen LogP contribution in [-0.4, -0.2) is 38.1 Å². The minimum atomic E-state index is -1.57. The number of ketones is 1. The summed E-state index contributed by atoms with van der Waals surface area (Å²) in [4.78, 5) is 12.5. The Morgan fingerprint density at radius 2 is 2.00 bits per heavy atom. The van der Waals surface area contributed by atoms with E-state index >= 15 is 0 Å². The van der Waals surface area contributed by atoms with Gasteiger partial charge in [0.15, 0.2) is 0 Å². The SMILES string of the molecule is C=C(OCC)C(C)(O)C(=C)C(=O)c1ccccc1[Se]C. The Labute approximate surface area is 126 Å². The zero-order valence-corrected chi connectivity index (χ0v) is 13.8. The number of rotatable bonds is 7. The van der Waals surface area contributed by atoms with E-state index in [1.54, 1.807) is 13.0 Å². The van der Waals surface area contributed by atoms with Crippen molar-refractivity contribution in [2.75, 3.05) is 6.61 Å². The molecule has 108 valence electrons. The third-order valence-corrected chi connectivity index (χ3v) is 4.74. The van der Waals surface area contributed by atoms with Crippen LogP contribution in [0.5, 0.6) is 0 Å². The van der Waals surface area contributed by atoms with Crippen LogP contribution in [0.15, 0.2) is 48.8 Å². The van der Waals surface area contributed by atoms with E-state index in [4.69, 9.17) is 4.74 Å². The molecule has 1 unspecified atom stereocenters. The van der Waals surface area contributed by atoms with E-state index in [0.717, 1.165) is 4.46 Å². The molecule has 0 aliphatic heterocycles. The summed E-state index contributed by atoms with van der Waals surface area (Å²) >= 11 is 0.190. The summed E-state index contributed by atoms with van der Waals surface area (Å²) in [5.74, 6) is 1.91. The second-order valence-corrected chi connectivity index (χ2v) is 6.22. The summed E-state index contributed by atoms with van der Waals surface area (Å²) in [5, 5.41) is 10.4. The Bertz CT molecular complexity index is 532. The Morgan fingerprint density at radius 3 is 2.55 bits per heavy atom. The van der Waals surface area contributed by atoms with Gasteiger partial charge in [0.05, 0.1) is 0 Å². The summed E-state index contributed by atoms with van der Waals surface area (Å²) in [5.41, 5.74) is -0.904. The van der Waals surface area contributed by atoms with E-state index in [-0.39, 0.29) is 32.1 Å². The van der Waals surface area contributed by atoms with Crippen molar-refractivity contribution < 1.29 is 14.6 Å². The van der Waals surface area contributed by atoms with Gasteiger partial charge < -0.3 is 0 Å². The van der Waals surface area contributed by atoms with Crippen molar-refractivity contribution in [3.05, 3.63) is 54.3 Å². The normalized spacial score (nSPS) is 13.4. The first kappa shape index (κ1) is 16.7. The number of carbonyl (C=O) groups is 1. The molecule has 0 fully saturated rings. The van der Waals surface area contributed by atoms with E-state index in [1.807, 2.05) is 24.0 Å². The number of carbonyl (C=O) groups excluding carboxylic acids is 1. The minimum absolute atomic E-state index is 0.0765. The molecule has 20 heavy (non-hydrogen) atoms. The fraction of sp³-hybridized carbons (Fsp3) is 0.312. The summed E-state index contributed by atoms with van der Waals surface area (Å²) in [6.07, 6.45) is 0. The van der Waals surface area contributed by atoms with E-state index in [2.05, 4.69) is 13.2 Å². The molecule has 1 atom stereocenters. The maximum absolute atomic E-state index is 12.5. The molecule has 3 nitrogen and oxygen atoms in total. The first-order valence-corrected chi connectivity index (χ1v) is 8.84. The van der Waals surface area contributed by atoms with Gasteiger partial charge in [0, 0.05) is 0 Å². The zero-order valence-electron chi connectivity index (χ0n) is 12.1. The quantitative estimate of drug-likeness (QED) is 0.358. The van der Waals surface area contributed by atoms with Gasteiger partial charge in [-0.3, -0.25) is 0 Å². The van der Waals surface area contributed by atoms with Gasteiger partial charge in [0.25, 0.3) is 0 Å². The molecule has 0 heterocycles. The van der Waals surface area contributed by atoms with Crippen molar-refractivity contribution in [3.63, 3.8) is 0 Å². The van der Waals surface area contributed by atoms with Crippen molar-refractivity contribution in [1.29, 1.82) is 0 Å². The Morgan fingerprint density at radius 1 is 1.40 bits per heavy atom. The molecule has 1 aromatic rings. The summed E-state index contributed by atoms with van der Waals surface area (Å²) in [6.45, 7) is 11.1. The van der Waals surface area contributed by atoms with Crippen molar-refractivity contribution in [3.8, 4) is 0 Å². The van der Waals surface area contributed by atoms with Crippen LogP contribution in [0.1, 0.15) is 24.2 Å². The molecule has 0 spiro atoms. The second-order valence-electron chi connectivity index (χ2n) is 4.44. The Hall–Kier alpha value is -1.35. The Balaban J connectivity index is 3.08. The third-order valence-electron chi connectivity index (χ3n) is 3.07. The van der Waals surface area contributed by atoms with Crippen molar-refractivity contribution in [2.24, 2.45) is 0 Å². The molecule has 0 aromatic heterocycles. The van der Waals surface area contributed by atoms with Crippen LogP contribution in [0.25, 0.3) is 0 Å². The molecular formula is C16H20O3Se. The molecule has 4 heteroatoms. The third kappa shape index (κ3) is 3.40. The van der Waals surface area contributed by atoms with Gasteiger partial charge in [-0.05, 0) is 0 Å². The monoisotopic (exact) mass is 340 g/mol. The fourth-order valence-corrected chi connectivity index (χ4v) is 2.95. The molecular weight excluding hydrogens is 319 g/mol. The molecule has 0 saturated heterocycles. The van der Waals surface area contributed by atoms with Crippen LogP contribution >= 0.6 is 0 Å². The Kier molecular flexibility index (Phi) is 5.75. The molecule has 1 N–H and O–H groups in total. The maximum atomic E-state index is 12.5. The zero-order chi connectivity index (χ0) is 15.3. The molecule has 0 aliphatic rings. The predicted octanol–water partition coefficient (Wildman–Crippen LogP) is 2.10. The average Bonchev–Trinajstić information content (AvgIpc) is 2.45. The summed E-state index contributed by atoms with van der Waals surface area (Å²) < 4.78 is 6.21. The number of hydrogen-bond acceptors (Lipinski definition) is 3. The number of Topliss-reactive ketones (excluding diaryl/α,β-unsaturated/α-hetero) is 1. The number of aliphatic hydroxyl groups is 1. The summed E-state index contributed by atoms with van der Waals surface area (Å²) in [7, 11) is 0. The van der Waals surface area contributed by atoms with Crippen LogP contribution < -0.4 is 4.46 Å². The first-order chi connectivity index (χ1) is 9.36. The van der Waals surface area contributed by atoms with Gasteiger partial charge >= 0.3 is 126 Å². The fourth-order valence-electron chi connectivity index (χ4n) is 1.70. The van der Waals surface area contributed by atoms with Gasteiger partial charge in [-0.2, -0.15) is 0 Å². The first-order valence-electron chi connectivity index (χ1n) is 6.27. The standard InChI is InChI=1S/C16H20O3Se/c1-6-19-12(3)16(4,18)11(2)15(17)13-9-7-8-10-14(13)20-5/h7-10,18H,2-3,6H2,1,4-5H3. The van der Waals surface area contributed by atoms with E-state index in [1.165, 1.54) is 6.92 Å². The predicted molar refractivity (Wildman–Crippen MR) is 82.6 cm³/mol. The van der Waals surface area contributed by atoms with E-state index in [0.29, 0.717) is 12.2 Å². The van der Waals surface area contributed by atoms with E-state index < -0.39 is 5.60 Å². The second kappa shape index (κ2) is 6.89.